The zero-order valence-electron chi connectivity index (χ0n) is 19.8. The molecule has 1 N–H and O–H groups in total. The second kappa shape index (κ2) is 10.4. The van der Waals surface area contributed by atoms with E-state index in [0.29, 0.717) is 12.0 Å². The Morgan fingerprint density at radius 1 is 0.912 bits per heavy atom. The van der Waals surface area contributed by atoms with E-state index in [1.165, 1.54) is 55.4 Å². The van der Waals surface area contributed by atoms with E-state index in [1.807, 2.05) is 6.20 Å². The number of halogens is 1. The minimum Gasteiger partial charge on any atom is -0.338 e. The molecule has 1 aromatic heterocycles. The molecule has 34 heavy (non-hydrogen) atoms. The monoisotopic (exact) mass is 453 g/mol. The van der Waals surface area contributed by atoms with E-state index in [2.05, 4.69) is 76.5 Å². The smallest absolute Gasteiger partial charge is 0.137 e. The van der Waals surface area contributed by atoms with E-state index in [0.717, 1.165) is 29.2 Å². The largest absolute Gasteiger partial charge is 0.338 e. The van der Waals surface area contributed by atoms with Crippen molar-refractivity contribution in [3.05, 3.63) is 102 Å². The van der Waals surface area contributed by atoms with Crippen LogP contribution in [0.2, 0.25) is 0 Å². The first-order valence-electron chi connectivity index (χ1n) is 12.3. The van der Waals surface area contributed by atoms with E-state index in [1.54, 1.807) is 12.1 Å². The Morgan fingerprint density at radius 2 is 1.68 bits per heavy atom. The van der Waals surface area contributed by atoms with Crippen LogP contribution in [0.5, 0.6) is 0 Å². The summed E-state index contributed by atoms with van der Waals surface area (Å²) in [4.78, 5) is 10.5. The molecule has 0 bridgehead atoms. The molecule has 1 saturated carbocycles. The van der Waals surface area contributed by atoms with Crippen LogP contribution in [0, 0.1) is 11.7 Å². The topological polar surface area (TPSA) is 31.9 Å². The van der Waals surface area contributed by atoms with Gasteiger partial charge in [0.05, 0.1) is 11.9 Å². The first kappa shape index (κ1) is 22.5. The molecule has 1 aliphatic carbocycles. The second-order valence-electron chi connectivity index (χ2n) is 9.52. The predicted molar refractivity (Wildman–Crippen MR) is 137 cm³/mol. The van der Waals surface area contributed by atoms with Gasteiger partial charge in [0.15, 0.2) is 0 Å². The van der Waals surface area contributed by atoms with Crippen LogP contribution < -0.4 is 0 Å². The lowest BCUT2D eigenvalue weighted by atomic mass is 9.80. The van der Waals surface area contributed by atoms with Gasteiger partial charge in [0.25, 0.3) is 0 Å². The Bertz CT molecular complexity index is 1190. The zero-order valence-corrected chi connectivity index (χ0v) is 19.8. The molecule has 0 spiro atoms. The summed E-state index contributed by atoms with van der Waals surface area (Å²) in [5, 5.41) is 0. The summed E-state index contributed by atoms with van der Waals surface area (Å²) >= 11 is 0. The fourth-order valence-corrected chi connectivity index (χ4v) is 5.43. The zero-order chi connectivity index (χ0) is 23.3. The maximum atomic E-state index is 13.3. The van der Waals surface area contributed by atoms with Crippen molar-refractivity contribution in [1.29, 1.82) is 0 Å². The molecule has 0 aliphatic heterocycles. The van der Waals surface area contributed by atoms with Gasteiger partial charge in [-0.2, -0.15) is 0 Å². The SMILES string of the molecule is CN(Cc1cccc(-c2cnc(-c3ccc(F)cc3)[nH]2)c1)C(c1ccccc1)C1CCCCC1. The summed E-state index contributed by atoms with van der Waals surface area (Å²) in [5.74, 6) is 1.21. The molecule has 3 nitrogen and oxygen atoms in total. The average Bonchev–Trinajstić information content (AvgIpc) is 3.37. The van der Waals surface area contributed by atoms with Crippen molar-refractivity contribution in [2.75, 3.05) is 7.05 Å². The van der Waals surface area contributed by atoms with Crippen molar-refractivity contribution < 1.29 is 4.39 Å². The van der Waals surface area contributed by atoms with Crippen molar-refractivity contribution in [2.45, 2.75) is 44.7 Å². The maximum Gasteiger partial charge on any atom is 0.137 e. The number of imidazole rings is 1. The van der Waals surface area contributed by atoms with Crippen molar-refractivity contribution in [3.8, 4) is 22.6 Å². The Balaban J connectivity index is 1.36. The van der Waals surface area contributed by atoms with Gasteiger partial charge in [-0.15, -0.1) is 0 Å². The molecule has 3 aromatic carbocycles. The van der Waals surface area contributed by atoms with Gasteiger partial charge in [-0.3, -0.25) is 4.90 Å². The maximum absolute atomic E-state index is 13.3. The average molecular weight is 454 g/mol. The molecule has 4 heteroatoms. The quantitative estimate of drug-likeness (QED) is 0.312. The second-order valence-corrected chi connectivity index (χ2v) is 9.52. The molecule has 1 unspecified atom stereocenters. The highest BCUT2D eigenvalue weighted by atomic mass is 19.1. The van der Waals surface area contributed by atoms with Gasteiger partial charge in [0.1, 0.15) is 11.6 Å². The Hall–Kier alpha value is -3.24. The summed E-state index contributed by atoms with van der Waals surface area (Å²) in [7, 11) is 2.27. The number of hydrogen-bond acceptors (Lipinski definition) is 2. The molecule has 0 radical (unpaired) electrons. The normalized spacial score (nSPS) is 15.5. The van der Waals surface area contributed by atoms with Crippen LogP contribution in [-0.2, 0) is 6.54 Å². The molecule has 1 aliphatic rings. The summed E-state index contributed by atoms with van der Waals surface area (Å²) in [6, 6.07) is 26.5. The van der Waals surface area contributed by atoms with Gasteiger partial charge >= 0.3 is 0 Å². The van der Waals surface area contributed by atoms with Crippen molar-refractivity contribution >= 4 is 0 Å². The predicted octanol–water partition coefficient (Wildman–Crippen LogP) is 7.64. The lowest BCUT2D eigenvalue weighted by Crippen LogP contribution is -2.31. The molecule has 1 heterocycles. The molecular weight excluding hydrogens is 421 g/mol. The number of benzene rings is 3. The number of hydrogen-bond donors (Lipinski definition) is 1. The van der Waals surface area contributed by atoms with Crippen LogP contribution in [0.3, 0.4) is 0 Å². The molecule has 1 atom stereocenters. The molecule has 0 amide bonds. The van der Waals surface area contributed by atoms with E-state index in [4.69, 9.17) is 0 Å². The fraction of sp³-hybridized carbons (Fsp3) is 0.300. The Kier molecular flexibility index (Phi) is 6.87. The van der Waals surface area contributed by atoms with Gasteiger partial charge in [-0.1, -0.05) is 67.8 Å². The molecular formula is C30H32FN3. The molecule has 4 aromatic rings. The lowest BCUT2D eigenvalue weighted by molar-refractivity contribution is 0.138. The van der Waals surface area contributed by atoms with Gasteiger partial charge in [0, 0.05) is 18.2 Å². The van der Waals surface area contributed by atoms with Crippen molar-refractivity contribution in [2.24, 2.45) is 5.92 Å². The Morgan fingerprint density at radius 3 is 2.44 bits per heavy atom. The first-order valence-corrected chi connectivity index (χ1v) is 12.3. The van der Waals surface area contributed by atoms with Crippen LogP contribution in [0.15, 0.2) is 85.1 Å². The third-order valence-corrected chi connectivity index (χ3v) is 7.08. The van der Waals surface area contributed by atoms with Crippen LogP contribution in [0.1, 0.15) is 49.3 Å². The highest BCUT2D eigenvalue weighted by molar-refractivity contribution is 5.64. The van der Waals surface area contributed by atoms with Crippen LogP contribution in [0.4, 0.5) is 4.39 Å². The highest BCUT2D eigenvalue weighted by Gasteiger charge is 2.28. The highest BCUT2D eigenvalue weighted by Crippen LogP contribution is 2.38. The Labute approximate surface area is 201 Å². The van der Waals surface area contributed by atoms with Crippen LogP contribution >= 0.6 is 0 Å². The number of aromatic nitrogens is 2. The molecule has 0 saturated heterocycles. The first-order chi connectivity index (χ1) is 16.7. The minimum atomic E-state index is -0.241. The van der Waals surface area contributed by atoms with Gasteiger partial charge < -0.3 is 4.98 Å². The molecule has 5 rings (SSSR count). The van der Waals surface area contributed by atoms with E-state index in [9.17, 15) is 4.39 Å². The van der Waals surface area contributed by atoms with Crippen LogP contribution in [-0.4, -0.2) is 21.9 Å². The molecule has 1 fully saturated rings. The van der Waals surface area contributed by atoms with Crippen LogP contribution in [0.25, 0.3) is 22.6 Å². The fourth-order valence-electron chi connectivity index (χ4n) is 5.43. The van der Waals surface area contributed by atoms with Gasteiger partial charge in [0.2, 0.25) is 0 Å². The van der Waals surface area contributed by atoms with Gasteiger partial charge in [-0.25, -0.2) is 9.37 Å². The van der Waals surface area contributed by atoms with E-state index in [-0.39, 0.29) is 5.82 Å². The van der Waals surface area contributed by atoms with E-state index >= 15 is 0 Å². The van der Waals surface area contributed by atoms with Gasteiger partial charge in [-0.05, 0) is 72.8 Å². The van der Waals surface area contributed by atoms with Crippen molar-refractivity contribution in [3.63, 3.8) is 0 Å². The van der Waals surface area contributed by atoms with E-state index < -0.39 is 0 Å². The summed E-state index contributed by atoms with van der Waals surface area (Å²) in [6.07, 6.45) is 8.53. The number of rotatable bonds is 7. The standard InChI is InChI=1S/C30H32FN3/c1-34(29(23-10-4-2-5-11-23)24-12-6-3-7-13-24)21-22-9-8-14-26(19-22)28-20-32-30(33-28)25-15-17-27(31)18-16-25/h2,4-5,8-11,14-20,24,29H,3,6-7,12-13,21H2,1H3,(H,32,33). The summed E-state index contributed by atoms with van der Waals surface area (Å²) in [6.45, 7) is 0.892. The summed E-state index contributed by atoms with van der Waals surface area (Å²) < 4.78 is 13.3. The summed E-state index contributed by atoms with van der Waals surface area (Å²) in [5.41, 5.74) is 5.67. The van der Waals surface area contributed by atoms with Crippen molar-refractivity contribution in [1.82, 2.24) is 14.9 Å². The minimum absolute atomic E-state index is 0.241. The number of H-pyrrole nitrogens is 1. The third-order valence-electron chi connectivity index (χ3n) is 7.08. The number of nitrogens with zero attached hydrogens (tertiary/aromatic N) is 2. The lowest BCUT2D eigenvalue weighted by Gasteiger charge is -2.37. The molecule has 174 valence electrons. The number of nitrogens with one attached hydrogen (secondary N) is 1. The number of aromatic amines is 1. The third kappa shape index (κ3) is 5.13.